The molecule has 2 nitrogen and oxygen atoms in total. The minimum Gasteiger partial charge on any atom is -0.314 e. The maximum atomic E-state index is 3.57. The molecule has 2 heterocycles. The van der Waals surface area contributed by atoms with Crippen molar-refractivity contribution in [1.82, 2.24) is 10.2 Å². The van der Waals surface area contributed by atoms with Crippen LogP contribution < -0.4 is 5.32 Å². The Hall–Kier alpha value is -0.380. The third-order valence-corrected chi connectivity index (χ3v) is 5.63. The SMILES string of the molecule is CCc1ccc(CN2CCNCC2(CC)CC)s1. The Morgan fingerprint density at radius 3 is 2.56 bits per heavy atom. The molecule has 1 N–H and O–H groups in total. The van der Waals surface area contributed by atoms with Gasteiger partial charge in [-0.1, -0.05) is 20.8 Å². The molecule has 1 saturated heterocycles. The summed E-state index contributed by atoms with van der Waals surface area (Å²) in [5.41, 5.74) is 0.370. The highest BCUT2D eigenvalue weighted by Crippen LogP contribution is 2.29. The van der Waals surface area contributed by atoms with Gasteiger partial charge in [-0.2, -0.15) is 0 Å². The summed E-state index contributed by atoms with van der Waals surface area (Å²) >= 11 is 1.99. The van der Waals surface area contributed by atoms with Gasteiger partial charge in [-0.05, 0) is 31.4 Å². The summed E-state index contributed by atoms with van der Waals surface area (Å²) in [7, 11) is 0. The van der Waals surface area contributed by atoms with Crippen LogP contribution >= 0.6 is 11.3 Å². The van der Waals surface area contributed by atoms with Crippen LogP contribution in [0.5, 0.6) is 0 Å². The zero-order valence-electron chi connectivity index (χ0n) is 12.0. The molecule has 0 bridgehead atoms. The predicted molar refractivity (Wildman–Crippen MR) is 80.3 cm³/mol. The van der Waals surface area contributed by atoms with Gasteiger partial charge in [0.2, 0.25) is 0 Å². The van der Waals surface area contributed by atoms with Crippen molar-refractivity contribution in [2.75, 3.05) is 19.6 Å². The van der Waals surface area contributed by atoms with Crippen LogP contribution in [-0.4, -0.2) is 30.1 Å². The smallest absolute Gasteiger partial charge is 0.0334 e. The lowest BCUT2D eigenvalue weighted by Gasteiger charge is -2.47. The van der Waals surface area contributed by atoms with Crippen LogP contribution in [0.15, 0.2) is 12.1 Å². The van der Waals surface area contributed by atoms with Crippen molar-refractivity contribution in [3.63, 3.8) is 0 Å². The summed E-state index contributed by atoms with van der Waals surface area (Å²) in [6.45, 7) is 11.5. The van der Waals surface area contributed by atoms with E-state index in [-0.39, 0.29) is 0 Å². The van der Waals surface area contributed by atoms with Crippen LogP contribution in [0.3, 0.4) is 0 Å². The Morgan fingerprint density at radius 2 is 1.94 bits per heavy atom. The monoisotopic (exact) mass is 266 g/mol. The first kappa shape index (κ1) is 14.0. The van der Waals surface area contributed by atoms with Crippen LogP contribution in [-0.2, 0) is 13.0 Å². The van der Waals surface area contributed by atoms with Crippen LogP contribution in [0.1, 0.15) is 43.4 Å². The number of hydrogen-bond acceptors (Lipinski definition) is 3. The highest BCUT2D eigenvalue weighted by atomic mass is 32.1. The number of piperazine rings is 1. The van der Waals surface area contributed by atoms with E-state index in [2.05, 4.69) is 43.1 Å². The molecule has 0 radical (unpaired) electrons. The van der Waals surface area contributed by atoms with Gasteiger partial charge >= 0.3 is 0 Å². The highest BCUT2D eigenvalue weighted by molar-refractivity contribution is 7.11. The third-order valence-electron chi connectivity index (χ3n) is 4.41. The largest absolute Gasteiger partial charge is 0.314 e. The molecule has 0 atom stereocenters. The molecule has 0 aromatic carbocycles. The standard InChI is InChI=1S/C15H26N2S/c1-4-13-7-8-14(18-13)11-17-10-9-16-12-15(17,5-2)6-3/h7-8,16H,4-6,9-12H2,1-3H3. The first-order valence-electron chi connectivity index (χ1n) is 7.27. The van der Waals surface area contributed by atoms with Crippen LogP contribution in [0.4, 0.5) is 0 Å². The quantitative estimate of drug-likeness (QED) is 0.880. The Labute approximate surface area is 115 Å². The number of nitrogens with zero attached hydrogens (tertiary/aromatic N) is 1. The van der Waals surface area contributed by atoms with E-state index >= 15 is 0 Å². The van der Waals surface area contributed by atoms with Gasteiger partial charge in [0.05, 0.1) is 0 Å². The van der Waals surface area contributed by atoms with Gasteiger partial charge in [-0.3, -0.25) is 4.90 Å². The van der Waals surface area contributed by atoms with E-state index in [1.807, 2.05) is 11.3 Å². The Morgan fingerprint density at radius 1 is 1.22 bits per heavy atom. The predicted octanol–water partition coefficient (Wildman–Crippen LogP) is 3.27. The molecular formula is C15H26N2S. The van der Waals surface area contributed by atoms with Crippen molar-refractivity contribution in [1.29, 1.82) is 0 Å². The molecule has 1 fully saturated rings. The number of thiophene rings is 1. The lowest BCUT2D eigenvalue weighted by molar-refractivity contribution is 0.0457. The number of aryl methyl sites for hydroxylation is 1. The van der Waals surface area contributed by atoms with E-state index in [4.69, 9.17) is 0 Å². The van der Waals surface area contributed by atoms with Crippen molar-refractivity contribution >= 4 is 11.3 Å². The van der Waals surface area contributed by atoms with Gasteiger partial charge in [-0.25, -0.2) is 0 Å². The summed E-state index contributed by atoms with van der Waals surface area (Å²) in [6.07, 6.45) is 3.64. The highest BCUT2D eigenvalue weighted by Gasteiger charge is 2.35. The van der Waals surface area contributed by atoms with Crippen LogP contribution in [0.2, 0.25) is 0 Å². The van der Waals surface area contributed by atoms with Crippen LogP contribution in [0.25, 0.3) is 0 Å². The topological polar surface area (TPSA) is 15.3 Å². The van der Waals surface area contributed by atoms with E-state index in [9.17, 15) is 0 Å². The van der Waals surface area contributed by atoms with Crippen molar-refractivity contribution in [2.24, 2.45) is 0 Å². The van der Waals surface area contributed by atoms with Gasteiger partial charge in [0.15, 0.2) is 0 Å². The van der Waals surface area contributed by atoms with Crippen molar-refractivity contribution in [3.8, 4) is 0 Å². The fourth-order valence-corrected chi connectivity index (χ4v) is 3.94. The van der Waals surface area contributed by atoms with Crippen molar-refractivity contribution in [3.05, 3.63) is 21.9 Å². The molecule has 0 saturated carbocycles. The molecule has 1 aromatic heterocycles. The van der Waals surface area contributed by atoms with E-state index < -0.39 is 0 Å². The second kappa shape index (κ2) is 6.18. The summed E-state index contributed by atoms with van der Waals surface area (Å²) < 4.78 is 0. The van der Waals surface area contributed by atoms with Gasteiger partial charge in [-0.15, -0.1) is 11.3 Å². The maximum Gasteiger partial charge on any atom is 0.0334 e. The zero-order valence-corrected chi connectivity index (χ0v) is 12.8. The minimum atomic E-state index is 0.370. The number of hydrogen-bond donors (Lipinski definition) is 1. The fourth-order valence-electron chi connectivity index (χ4n) is 2.96. The Kier molecular flexibility index (Phi) is 4.82. The molecule has 2 rings (SSSR count). The van der Waals surface area contributed by atoms with Crippen molar-refractivity contribution < 1.29 is 0 Å². The molecule has 1 aliphatic heterocycles. The summed E-state index contributed by atoms with van der Waals surface area (Å²) in [5.74, 6) is 0. The first-order chi connectivity index (χ1) is 8.74. The van der Waals surface area contributed by atoms with E-state index in [1.54, 1.807) is 0 Å². The van der Waals surface area contributed by atoms with Gasteiger partial charge in [0.1, 0.15) is 0 Å². The average molecular weight is 266 g/mol. The third kappa shape index (κ3) is 2.79. The summed E-state index contributed by atoms with van der Waals surface area (Å²) in [5, 5.41) is 3.57. The molecule has 1 aliphatic rings. The molecule has 3 heteroatoms. The number of rotatable bonds is 5. The second-order valence-corrected chi connectivity index (χ2v) is 6.50. The molecule has 0 spiro atoms. The van der Waals surface area contributed by atoms with E-state index in [1.165, 1.54) is 35.6 Å². The molecule has 0 aliphatic carbocycles. The Bertz CT molecular complexity index is 368. The van der Waals surface area contributed by atoms with Gasteiger partial charge in [0, 0.05) is 41.5 Å². The molecule has 0 unspecified atom stereocenters. The van der Waals surface area contributed by atoms with E-state index in [0.717, 1.165) is 19.6 Å². The lowest BCUT2D eigenvalue weighted by Crippen LogP contribution is -2.60. The summed E-state index contributed by atoms with van der Waals surface area (Å²) in [6, 6.07) is 4.61. The van der Waals surface area contributed by atoms with Crippen LogP contribution in [0, 0.1) is 0 Å². The molecule has 102 valence electrons. The average Bonchev–Trinajstić information content (AvgIpc) is 2.87. The summed E-state index contributed by atoms with van der Waals surface area (Å²) in [4.78, 5) is 5.74. The van der Waals surface area contributed by atoms with Gasteiger partial charge < -0.3 is 5.32 Å². The minimum absolute atomic E-state index is 0.370. The zero-order chi connectivity index (χ0) is 13.0. The lowest BCUT2D eigenvalue weighted by atomic mass is 9.88. The molecule has 1 aromatic rings. The maximum absolute atomic E-state index is 3.57. The molecule has 18 heavy (non-hydrogen) atoms. The number of nitrogens with one attached hydrogen (secondary N) is 1. The normalized spacial score (nSPS) is 20.2. The first-order valence-corrected chi connectivity index (χ1v) is 8.09. The van der Waals surface area contributed by atoms with Crippen molar-refractivity contribution in [2.45, 2.75) is 52.1 Å². The second-order valence-electron chi connectivity index (χ2n) is 5.25. The van der Waals surface area contributed by atoms with Gasteiger partial charge in [0.25, 0.3) is 0 Å². The molecule has 0 amide bonds. The van der Waals surface area contributed by atoms with E-state index in [0.29, 0.717) is 5.54 Å². The fraction of sp³-hybridized carbons (Fsp3) is 0.733. The molecular weight excluding hydrogens is 240 g/mol. The Balaban J connectivity index is 2.09.